The first kappa shape index (κ1) is 14.4. The molecule has 2 atom stereocenters. The van der Waals surface area contributed by atoms with Crippen molar-refractivity contribution < 1.29 is 4.74 Å². The van der Waals surface area contributed by atoms with Gasteiger partial charge in [-0.2, -0.15) is 0 Å². The largest absolute Gasteiger partial charge is 0.383 e. The second-order valence-electron chi connectivity index (χ2n) is 5.30. The minimum Gasteiger partial charge on any atom is -0.383 e. The quantitative estimate of drug-likeness (QED) is 0.759. The summed E-state index contributed by atoms with van der Waals surface area (Å²) in [6.45, 7) is 4.53. The van der Waals surface area contributed by atoms with Crippen molar-refractivity contribution in [1.82, 2.24) is 25.5 Å². The molecule has 0 radical (unpaired) electrons. The summed E-state index contributed by atoms with van der Waals surface area (Å²) < 4.78 is 7.04. The van der Waals surface area contributed by atoms with E-state index < -0.39 is 0 Å². The normalized spacial score (nSPS) is 23.7. The maximum atomic E-state index is 5.02. The van der Waals surface area contributed by atoms with Gasteiger partial charge in [0.05, 0.1) is 19.2 Å². The number of nitrogens with one attached hydrogen (secondary N) is 1. The number of ether oxygens (including phenoxy) is 1. The van der Waals surface area contributed by atoms with E-state index in [4.69, 9.17) is 4.74 Å². The Hall–Kier alpha value is -1.01. The SMILES string of the molecule is CCC1CCCC(n2nnnc2CNCCOC)C1. The molecule has 108 valence electrons. The predicted molar refractivity (Wildman–Crippen MR) is 72.7 cm³/mol. The van der Waals surface area contributed by atoms with Gasteiger partial charge in [-0.25, -0.2) is 4.68 Å². The zero-order valence-electron chi connectivity index (χ0n) is 12.0. The van der Waals surface area contributed by atoms with Crippen molar-refractivity contribution in [3.8, 4) is 0 Å². The molecule has 6 nitrogen and oxygen atoms in total. The minimum atomic E-state index is 0.480. The van der Waals surface area contributed by atoms with Crippen molar-refractivity contribution in [2.24, 2.45) is 5.92 Å². The highest BCUT2D eigenvalue weighted by Crippen LogP contribution is 2.33. The zero-order valence-corrected chi connectivity index (χ0v) is 12.0. The molecule has 2 unspecified atom stereocenters. The molecule has 1 aromatic heterocycles. The van der Waals surface area contributed by atoms with Gasteiger partial charge in [0.15, 0.2) is 5.82 Å². The number of aromatic nitrogens is 4. The second-order valence-corrected chi connectivity index (χ2v) is 5.30. The third-order valence-corrected chi connectivity index (χ3v) is 4.01. The van der Waals surface area contributed by atoms with Crippen LogP contribution in [0.4, 0.5) is 0 Å². The Morgan fingerprint density at radius 3 is 3.11 bits per heavy atom. The average molecular weight is 267 g/mol. The molecule has 0 bridgehead atoms. The highest BCUT2D eigenvalue weighted by molar-refractivity contribution is 4.86. The van der Waals surface area contributed by atoms with Crippen molar-refractivity contribution in [3.05, 3.63) is 5.82 Å². The number of hydrogen-bond donors (Lipinski definition) is 1. The Bertz CT molecular complexity index is 368. The molecule has 2 rings (SSSR count). The first-order valence-electron chi connectivity index (χ1n) is 7.31. The lowest BCUT2D eigenvalue weighted by atomic mass is 9.84. The van der Waals surface area contributed by atoms with Crippen molar-refractivity contribution in [1.29, 1.82) is 0 Å². The van der Waals surface area contributed by atoms with Crippen molar-refractivity contribution >= 4 is 0 Å². The molecular formula is C13H25N5O. The van der Waals surface area contributed by atoms with Crippen LogP contribution in [0.1, 0.15) is 50.9 Å². The van der Waals surface area contributed by atoms with E-state index in [9.17, 15) is 0 Å². The molecule has 0 aromatic carbocycles. The van der Waals surface area contributed by atoms with Crippen LogP contribution < -0.4 is 5.32 Å². The van der Waals surface area contributed by atoms with E-state index in [1.807, 2.05) is 4.68 Å². The van der Waals surface area contributed by atoms with Crippen LogP contribution >= 0.6 is 0 Å². The zero-order chi connectivity index (χ0) is 13.5. The van der Waals surface area contributed by atoms with Gasteiger partial charge in [0.1, 0.15) is 0 Å². The Morgan fingerprint density at radius 2 is 2.32 bits per heavy atom. The van der Waals surface area contributed by atoms with Gasteiger partial charge in [0.2, 0.25) is 0 Å². The summed E-state index contributed by atoms with van der Waals surface area (Å²) in [5.41, 5.74) is 0. The molecule has 1 saturated carbocycles. The van der Waals surface area contributed by atoms with E-state index in [0.29, 0.717) is 19.2 Å². The van der Waals surface area contributed by atoms with Gasteiger partial charge in [-0.3, -0.25) is 0 Å². The van der Waals surface area contributed by atoms with E-state index in [2.05, 4.69) is 27.8 Å². The average Bonchev–Trinajstić information content (AvgIpc) is 2.92. The molecule has 0 saturated heterocycles. The van der Waals surface area contributed by atoms with E-state index >= 15 is 0 Å². The standard InChI is InChI=1S/C13H25N5O/c1-3-11-5-4-6-12(9-11)18-13(15-16-17-18)10-14-7-8-19-2/h11-12,14H,3-10H2,1-2H3. The van der Waals surface area contributed by atoms with Gasteiger partial charge in [0, 0.05) is 13.7 Å². The third kappa shape index (κ3) is 3.98. The summed E-state index contributed by atoms with van der Waals surface area (Å²) in [6.07, 6.45) is 6.33. The summed E-state index contributed by atoms with van der Waals surface area (Å²) in [4.78, 5) is 0. The van der Waals surface area contributed by atoms with Gasteiger partial charge in [-0.1, -0.05) is 26.2 Å². The highest BCUT2D eigenvalue weighted by Gasteiger charge is 2.24. The molecule has 1 N–H and O–H groups in total. The lowest BCUT2D eigenvalue weighted by Gasteiger charge is -2.28. The molecule has 19 heavy (non-hydrogen) atoms. The Labute approximate surface area is 114 Å². The van der Waals surface area contributed by atoms with Crippen molar-refractivity contribution in [3.63, 3.8) is 0 Å². The lowest BCUT2D eigenvalue weighted by molar-refractivity contribution is 0.198. The van der Waals surface area contributed by atoms with E-state index in [0.717, 1.165) is 18.3 Å². The number of nitrogens with zero attached hydrogens (tertiary/aromatic N) is 4. The molecule has 0 spiro atoms. The Balaban J connectivity index is 1.90. The van der Waals surface area contributed by atoms with Gasteiger partial charge in [-0.05, 0) is 29.2 Å². The lowest BCUT2D eigenvalue weighted by Crippen LogP contribution is -2.25. The summed E-state index contributed by atoms with van der Waals surface area (Å²) in [5, 5.41) is 15.5. The maximum absolute atomic E-state index is 5.02. The molecule has 1 aliphatic carbocycles. The fraction of sp³-hybridized carbons (Fsp3) is 0.923. The van der Waals surface area contributed by atoms with Crippen LogP contribution in [0.25, 0.3) is 0 Å². The van der Waals surface area contributed by atoms with E-state index in [-0.39, 0.29) is 0 Å². The summed E-state index contributed by atoms with van der Waals surface area (Å²) in [6, 6.07) is 0.480. The maximum Gasteiger partial charge on any atom is 0.165 e. The fourth-order valence-corrected chi connectivity index (χ4v) is 2.84. The van der Waals surface area contributed by atoms with Crippen LogP contribution in [0, 0.1) is 5.92 Å². The second kappa shape index (κ2) is 7.55. The summed E-state index contributed by atoms with van der Waals surface area (Å²) >= 11 is 0. The van der Waals surface area contributed by atoms with Gasteiger partial charge < -0.3 is 10.1 Å². The van der Waals surface area contributed by atoms with Crippen LogP contribution in [0.15, 0.2) is 0 Å². The molecule has 1 aliphatic rings. The molecule has 6 heteroatoms. The van der Waals surface area contributed by atoms with Crippen LogP contribution in [0.5, 0.6) is 0 Å². The topological polar surface area (TPSA) is 64.9 Å². The van der Waals surface area contributed by atoms with Crippen LogP contribution in [0.3, 0.4) is 0 Å². The summed E-state index contributed by atoms with van der Waals surface area (Å²) in [7, 11) is 1.71. The summed E-state index contributed by atoms with van der Waals surface area (Å²) in [5.74, 6) is 1.77. The van der Waals surface area contributed by atoms with Crippen LogP contribution in [-0.4, -0.2) is 40.5 Å². The molecule has 1 heterocycles. The van der Waals surface area contributed by atoms with Crippen LogP contribution in [0.2, 0.25) is 0 Å². The van der Waals surface area contributed by atoms with Crippen molar-refractivity contribution in [2.75, 3.05) is 20.3 Å². The molecular weight excluding hydrogens is 242 g/mol. The fourth-order valence-electron chi connectivity index (χ4n) is 2.84. The number of rotatable bonds is 7. The number of tetrazole rings is 1. The number of hydrogen-bond acceptors (Lipinski definition) is 5. The number of methoxy groups -OCH3 is 1. The highest BCUT2D eigenvalue weighted by atomic mass is 16.5. The third-order valence-electron chi connectivity index (χ3n) is 4.01. The van der Waals surface area contributed by atoms with E-state index in [1.54, 1.807) is 7.11 Å². The van der Waals surface area contributed by atoms with Gasteiger partial charge in [0.25, 0.3) is 0 Å². The van der Waals surface area contributed by atoms with Crippen molar-refractivity contribution in [2.45, 2.75) is 51.6 Å². The molecule has 1 aromatic rings. The minimum absolute atomic E-state index is 0.480. The van der Waals surface area contributed by atoms with Gasteiger partial charge in [-0.15, -0.1) is 5.10 Å². The smallest absolute Gasteiger partial charge is 0.165 e. The monoisotopic (exact) mass is 267 g/mol. The molecule has 0 aliphatic heterocycles. The Kier molecular flexibility index (Phi) is 5.72. The predicted octanol–water partition coefficient (Wildman–Crippen LogP) is 1.55. The first-order chi connectivity index (χ1) is 9.35. The van der Waals surface area contributed by atoms with Gasteiger partial charge >= 0.3 is 0 Å². The Morgan fingerprint density at radius 1 is 1.42 bits per heavy atom. The van der Waals surface area contributed by atoms with E-state index in [1.165, 1.54) is 32.1 Å². The first-order valence-corrected chi connectivity index (χ1v) is 7.31. The van der Waals surface area contributed by atoms with Crippen LogP contribution in [-0.2, 0) is 11.3 Å². The molecule has 0 amide bonds. The molecule has 1 fully saturated rings.